The normalized spacial score (nSPS) is 10.1. The number of nitrogens with one attached hydrogen (secondary N) is 2. The molecule has 1 heterocycles. The van der Waals surface area contributed by atoms with Gasteiger partial charge in [0.25, 0.3) is 0 Å². The number of aromatic nitrogens is 1. The Labute approximate surface area is 114 Å². The number of aromatic carboxylic acids is 1. The van der Waals surface area contributed by atoms with E-state index < -0.39 is 12.0 Å². The van der Waals surface area contributed by atoms with E-state index in [-0.39, 0.29) is 12.1 Å². The first-order valence-electron chi connectivity index (χ1n) is 5.84. The smallest absolute Gasteiger partial charge is 0.335 e. The van der Waals surface area contributed by atoms with Gasteiger partial charge in [-0.1, -0.05) is 11.2 Å². The molecule has 0 saturated heterocycles. The first-order valence-corrected chi connectivity index (χ1v) is 5.84. The van der Waals surface area contributed by atoms with Crippen LogP contribution in [-0.2, 0) is 6.54 Å². The van der Waals surface area contributed by atoms with Gasteiger partial charge in [0, 0.05) is 11.8 Å². The highest BCUT2D eigenvalue weighted by molar-refractivity contribution is 5.93. The maximum Gasteiger partial charge on any atom is 0.335 e. The second-order valence-corrected chi connectivity index (χ2v) is 4.12. The van der Waals surface area contributed by atoms with E-state index in [1.54, 1.807) is 19.1 Å². The lowest BCUT2D eigenvalue weighted by Crippen LogP contribution is -2.28. The zero-order valence-corrected chi connectivity index (χ0v) is 10.7. The number of aryl methyl sites for hydroxylation is 1. The van der Waals surface area contributed by atoms with Crippen LogP contribution < -0.4 is 10.6 Å². The largest absolute Gasteiger partial charge is 0.478 e. The minimum absolute atomic E-state index is 0.112. The minimum atomic E-state index is -1.05. The fourth-order valence-electron chi connectivity index (χ4n) is 1.56. The molecule has 7 heteroatoms. The lowest BCUT2D eigenvalue weighted by Gasteiger charge is -2.09. The Morgan fingerprint density at radius 1 is 1.35 bits per heavy atom. The van der Waals surface area contributed by atoms with Crippen molar-refractivity contribution in [3.8, 4) is 0 Å². The number of benzene rings is 1. The summed E-state index contributed by atoms with van der Waals surface area (Å²) in [5, 5.41) is 17.6. The molecule has 0 aliphatic heterocycles. The van der Waals surface area contributed by atoms with Crippen LogP contribution in [0.3, 0.4) is 0 Å². The van der Waals surface area contributed by atoms with Gasteiger partial charge < -0.3 is 20.3 Å². The van der Waals surface area contributed by atoms with Crippen molar-refractivity contribution in [2.75, 3.05) is 5.32 Å². The van der Waals surface area contributed by atoms with E-state index in [9.17, 15) is 9.59 Å². The number of nitrogens with zero attached hydrogens (tertiary/aromatic N) is 1. The van der Waals surface area contributed by atoms with Gasteiger partial charge in [-0.15, -0.1) is 0 Å². The van der Waals surface area contributed by atoms with Gasteiger partial charge in [0.05, 0.1) is 18.3 Å². The molecule has 0 spiro atoms. The highest BCUT2D eigenvalue weighted by atomic mass is 16.5. The molecule has 2 aromatic rings. The summed E-state index contributed by atoms with van der Waals surface area (Å²) in [5.74, 6) is -0.522. The number of carboxylic acids is 1. The summed E-state index contributed by atoms with van der Waals surface area (Å²) in [5.41, 5.74) is 1.32. The summed E-state index contributed by atoms with van der Waals surface area (Å²) < 4.78 is 4.84. The standard InChI is InChI=1S/C13H13N3O4/c1-8-2-3-9(12(17)18)6-11(8)16-13(19)14-7-10-4-5-15-20-10/h2-6H,7H2,1H3,(H,17,18)(H2,14,16,19). The number of anilines is 1. The highest BCUT2D eigenvalue weighted by Gasteiger charge is 2.09. The number of urea groups is 1. The Balaban J connectivity index is 2.00. The molecule has 7 nitrogen and oxygen atoms in total. The fraction of sp³-hybridized carbons (Fsp3) is 0.154. The summed E-state index contributed by atoms with van der Waals surface area (Å²) in [7, 11) is 0. The van der Waals surface area contributed by atoms with Gasteiger partial charge in [-0.25, -0.2) is 9.59 Å². The van der Waals surface area contributed by atoms with Crippen LogP contribution in [0.1, 0.15) is 21.7 Å². The van der Waals surface area contributed by atoms with E-state index in [4.69, 9.17) is 9.63 Å². The molecule has 20 heavy (non-hydrogen) atoms. The van der Waals surface area contributed by atoms with Crippen molar-refractivity contribution in [3.63, 3.8) is 0 Å². The van der Waals surface area contributed by atoms with E-state index in [0.717, 1.165) is 5.56 Å². The summed E-state index contributed by atoms with van der Waals surface area (Å²) in [4.78, 5) is 22.6. The van der Waals surface area contributed by atoms with E-state index >= 15 is 0 Å². The van der Waals surface area contributed by atoms with Crippen LogP contribution >= 0.6 is 0 Å². The van der Waals surface area contributed by atoms with Gasteiger partial charge in [0.15, 0.2) is 5.76 Å². The molecular formula is C13H13N3O4. The zero-order chi connectivity index (χ0) is 14.5. The summed E-state index contributed by atoms with van der Waals surface area (Å²) >= 11 is 0. The number of carboxylic acid groups (broad SMARTS) is 1. The average Bonchev–Trinajstić information content (AvgIpc) is 2.92. The molecule has 0 aliphatic carbocycles. The quantitative estimate of drug-likeness (QED) is 0.791. The van der Waals surface area contributed by atoms with Gasteiger partial charge >= 0.3 is 12.0 Å². The molecule has 2 rings (SSSR count). The Kier molecular flexibility index (Phi) is 3.99. The molecule has 3 N–H and O–H groups in total. The molecule has 1 aromatic heterocycles. The molecule has 0 saturated carbocycles. The van der Waals surface area contributed by atoms with Crippen molar-refractivity contribution in [2.45, 2.75) is 13.5 Å². The van der Waals surface area contributed by atoms with E-state index in [1.807, 2.05) is 0 Å². The van der Waals surface area contributed by atoms with Crippen molar-refractivity contribution in [1.82, 2.24) is 10.5 Å². The topological polar surface area (TPSA) is 104 Å². The third-order valence-electron chi connectivity index (χ3n) is 2.65. The number of hydrogen-bond acceptors (Lipinski definition) is 4. The lowest BCUT2D eigenvalue weighted by atomic mass is 10.1. The average molecular weight is 275 g/mol. The van der Waals surface area contributed by atoms with Crippen LogP contribution in [0.15, 0.2) is 35.0 Å². The monoisotopic (exact) mass is 275 g/mol. The fourth-order valence-corrected chi connectivity index (χ4v) is 1.56. The number of amides is 2. The number of rotatable bonds is 4. The first-order chi connectivity index (χ1) is 9.56. The molecule has 1 aromatic carbocycles. The maximum atomic E-state index is 11.7. The van der Waals surface area contributed by atoms with Crippen molar-refractivity contribution in [2.24, 2.45) is 0 Å². The highest BCUT2D eigenvalue weighted by Crippen LogP contribution is 2.16. The summed E-state index contributed by atoms with van der Waals surface area (Å²) in [6.45, 7) is 1.97. The molecule has 0 unspecified atom stereocenters. The van der Waals surface area contributed by atoms with E-state index in [1.165, 1.54) is 18.3 Å². The SMILES string of the molecule is Cc1ccc(C(=O)O)cc1NC(=O)NCc1ccno1. The Bertz CT molecular complexity index is 623. The summed E-state index contributed by atoms with van der Waals surface area (Å²) in [6.07, 6.45) is 1.48. The van der Waals surface area contributed by atoms with Crippen LogP contribution in [0.4, 0.5) is 10.5 Å². The molecule has 2 amide bonds. The molecule has 0 aliphatic rings. The third-order valence-corrected chi connectivity index (χ3v) is 2.65. The Morgan fingerprint density at radius 2 is 2.15 bits per heavy atom. The van der Waals surface area contributed by atoms with Gasteiger partial charge in [0.2, 0.25) is 0 Å². The van der Waals surface area contributed by atoms with Crippen LogP contribution in [0, 0.1) is 6.92 Å². The molecule has 0 bridgehead atoms. The third kappa shape index (κ3) is 3.35. The van der Waals surface area contributed by atoms with Crippen molar-refractivity contribution < 1.29 is 19.2 Å². The lowest BCUT2D eigenvalue weighted by molar-refractivity contribution is 0.0697. The van der Waals surface area contributed by atoms with Crippen LogP contribution in [0.2, 0.25) is 0 Å². The van der Waals surface area contributed by atoms with Gasteiger partial charge in [-0.2, -0.15) is 0 Å². The van der Waals surface area contributed by atoms with Crippen molar-refractivity contribution in [1.29, 1.82) is 0 Å². The second kappa shape index (κ2) is 5.87. The van der Waals surface area contributed by atoms with E-state index in [2.05, 4.69) is 15.8 Å². The number of carbonyl (C=O) groups is 2. The van der Waals surface area contributed by atoms with Gasteiger partial charge in [0.1, 0.15) is 0 Å². The molecule has 0 fully saturated rings. The van der Waals surface area contributed by atoms with Crippen molar-refractivity contribution >= 4 is 17.7 Å². The number of hydrogen-bond donors (Lipinski definition) is 3. The van der Waals surface area contributed by atoms with Crippen LogP contribution in [-0.4, -0.2) is 22.3 Å². The van der Waals surface area contributed by atoms with Crippen LogP contribution in [0.5, 0.6) is 0 Å². The molecule has 0 radical (unpaired) electrons. The van der Waals surface area contributed by atoms with Gasteiger partial charge in [-0.05, 0) is 24.6 Å². The summed E-state index contributed by atoms with van der Waals surface area (Å²) in [6, 6.07) is 5.71. The van der Waals surface area contributed by atoms with Crippen molar-refractivity contribution in [3.05, 3.63) is 47.3 Å². The number of carbonyl (C=O) groups excluding carboxylic acids is 1. The minimum Gasteiger partial charge on any atom is -0.478 e. The zero-order valence-electron chi connectivity index (χ0n) is 10.7. The maximum absolute atomic E-state index is 11.7. The second-order valence-electron chi connectivity index (χ2n) is 4.12. The Morgan fingerprint density at radius 3 is 2.80 bits per heavy atom. The predicted octanol–water partition coefficient (Wildman–Crippen LogP) is 2.00. The first kappa shape index (κ1) is 13.6. The molecule has 0 atom stereocenters. The predicted molar refractivity (Wildman–Crippen MR) is 70.5 cm³/mol. The van der Waals surface area contributed by atoms with Crippen LogP contribution in [0.25, 0.3) is 0 Å². The van der Waals surface area contributed by atoms with Gasteiger partial charge in [-0.3, -0.25) is 0 Å². The molecule has 104 valence electrons. The Hall–Kier alpha value is -2.83. The van der Waals surface area contributed by atoms with E-state index in [0.29, 0.717) is 11.4 Å². The molecular weight excluding hydrogens is 262 g/mol.